The molecule has 0 amide bonds. The van der Waals surface area contributed by atoms with E-state index in [-0.39, 0.29) is 11.5 Å². The van der Waals surface area contributed by atoms with E-state index in [0.29, 0.717) is 0 Å². The maximum Gasteiger partial charge on any atom is 0.307 e. The minimum absolute atomic E-state index is 0.158. The molecule has 1 unspecified atom stereocenters. The van der Waals surface area contributed by atoms with Crippen molar-refractivity contribution in [2.75, 3.05) is 13.1 Å². The van der Waals surface area contributed by atoms with Crippen molar-refractivity contribution in [2.24, 2.45) is 5.92 Å². The molecular formula is C11H21NO2. The zero-order valence-electron chi connectivity index (χ0n) is 9.42. The van der Waals surface area contributed by atoms with Crippen molar-refractivity contribution in [3.05, 3.63) is 0 Å². The number of carboxylic acid groups (broad SMARTS) is 1. The van der Waals surface area contributed by atoms with E-state index < -0.39 is 5.97 Å². The van der Waals surface area contributed by atoms with Crippen molar-refractivity contribution < 1.29 is 9.90 Å². The Morgan fingerprint density at radius 1 is 1.57 bits per heavy atom. The van der Waals surface area contributed by atoms with Gasteiger partial charge < -0.3 is 5.11 Å². The summed E-state index contributed by atoms with van der Waals surface area (Å²) in [7, 11) is 0. The summed E-state index contributed by atoms with van der Waals surface area (Å²) in [6.07, 6.45) is 2.91. The van der Waals surface area contributed by atoms with Crippen molar-refractivity contribution in [3.8, 4) is 0 Å². The second-order valence-corrected chi connectivity index (χ2v) is 4.83. The largest absolute Gasteiger partial charge is 0.481 e. The second kappa shape index (κ2) is 4.30. The Balaban J connectivity index is 2.62. The molecule has 1 aliphatic heterocycles. The first-order valence-electron chi connectivity index (χ1n) is 5.45. The molecule has 0 aromatic heterocycles. The van der Waals surface area contributed by atoms with Crippen LogP contribution in [0.25, 0.3) is 0 Å². The van der Waals surface area contributed by atoms with Crippen LogP contribution in [-0.4, -0.2) is 34.6 Å². The third kappa shape index (κ3) is 2.47. The SMILES string of the molecule is CCCN1CC(C(=O)O)CCC1(C)C. The predicted molar refractivity (Wildman–Crippen MR) is 56.3 cm³/mol. The minimum Gasteiger partial charge on any atom is -0.481 e. The Labute approximate surface area is 86.1 Å². The van der Waals surface area contributed by atoms with Crippen LogP contribution >= 0.6 is 0 Å². The normalized spacial score (nSPS) is 27.5. The maximum atomic E-state index is 10.9. The standard InChI is InChI=1S/C11H21NO2/c1-4-7-12-8-9(10(13)14)5-6-11(12,2)3/h9H,4-8H2,1-3H3,(H,13,14). The van der Waals surface area contributed by atoms with Gasteiger partial charge in [-0.15, -0.1) is 0 Å². The molecule has 1 heterocycles. The summed E-state index contributed by atoms with van der Waals surface area (Å²) in [5, 5.41) is 8.97. The van der Waals surface area contributed by atoms with Gasteiger partial charge in [0.1, 0.15) is 0 Å². The highest BCUT2D eigenvalue weighted by Crippen LogP contribution is 2.30. The van der Waals surface area contributed by atoms with Gasteiger partial charge in [0.05, 0.1) is 5.92 Å². The van der Waals surface area contributed by atoms with Crippen molar-refractivity contribution in [2.45, 2.75) is 45.6 Å². The van der Waals surface area contributed by atoms with E-state index in [1.807, 2.05) is 0 Å². The first-order chi connectivity index (χ1) is 6.47. The Kier molecular flexibility index (Phi) is 3.53. The van der Waals surface area contributed by atoms with Gasteiger partial charge in [0.15, 0.2) is 0 Å². The molecule has 0 aromatic rings. The van der Waals surface area contributed by atoms with Crippen LogP contribution in [0.2, 0.25) is 0 Å². The van der Waals surface area contributed by atoms with E-state index in [0.717, 1.165) is 32.4 Å². The van der Waals surface area contributed by atoms with E-state index in [1.54, 1.807) is 0 Å². The highest BCUT2D eigenvalue weighted by atomic mass is 16.4. The summed E-state index contributed by atoms with van der Waals surface area (Å²) in [4.78, 5) is 13.2. The fourth-order valence-corrected chi connectivity index (χ4v) is 2.16. The van der Waals surface area contributed by atoms with Gasteiger partial charge in [-0.25, -0.2) is 0 Å². The lowest BCUT2D eigenvalue weighted by atomic mass is 9.84. The van der Waals surface area contributed by atoms with Crippen LogP contribution in [0.15, 0.2) is 0 Å². The quantitative estimate of drug-likeness (QED) is 0.755. The van der Waals surface area contributed by atoms with Crippen LogP contribution in [0.3, 0.4) is 0 Å². The van der Waals surface area contributed by atoms with Crippen molar-refractivity contribution in [1.82, 2.24) is 4.90 Å². The van der Waals surface area contributed by atoms with Crippen LogP contribution < -0.4 is 0 Å². The molecule has 82 valence electrons. The van der Waals surface area contributed by atoms with E-state index in [1.165, 1.54) is 0 Å². The first kappa shape index (κ1) is 11.5. The topological polar surface area (TPSA) is 40.5 Å². The molecule has 0 aromatic carbocycles. The van der Waals surface area contributed by atoms with Gasteiger partial charge in [-0.1, -0.05) is 6.92 Å². The zero-order valence-corrected chi connectivity index (χ0v) is 9.42. The Bertz CT molecular complexity index is 213. The first-order valence-corrected chi connectivity index (χ1v) is 5.45. The molecule has 1 rings (SSSR count). The number of nitrogens with zero attached hydrogens (tertiary/aromatic N) is 1. The molecule has 1 fully saturated rings. The lowest BCUT2D eigenvalue weighted by Gasteiger charge is -2.44. The van der Waals surface area contributed by atoms with Crippen LogP contribution in [0.5, 0.6) is 0 Å². The number of aliphatic carboxylic acids is 1. The molecule has 3 nitrogen and oxygen atoms in total. The van der Waals surface area contributed by atoms with Gasteiger partial charge in [0.25, 0.3) is 0 Å². The van der Waals surface area contributed by atoms with Crippen LogP contribution in [0, 0.1) is 5.92 Å². The third-order valence-corrected chi connectivity index (χ3v) is 3.24. The van der Waals surface area contributed by atoms with E-state index in [2.05, 4.69) is 25.7 Å². The molecule has 3 heteroatoms. The molecule has 1 atom stereocenters. The van der Waals surface area contributed by atoms with Crippen molar-refractivity contribution in [1.29, 1.82) is 0 Å². The van der Waals surface area contributed by atoms with E-state index in [4.69, 9.17) is 5.11 Å². The van der Waals surface area contributed by atoms with Gasteiger partial charge in [-0.05, 0) is 39.7 Å². The lowest BCUT2D eigenvalue weighted by molar-refractivity contribution is -0.145. The Morgan fingerprint density at radius 3 is 2.71 bits per heavy atom. The maximum absolute atomic E-state index is 10.9. The van der Waals surface area contributed by atoms with Gasteiger partial charge in [-0.2, -0.15) is 0 Å². The highest BCUT2D eigenvalue weighted by molar-refractivity contribution is 5.70. The average Bonchev–Trinajstić information content (AvgIpc) is 2.08. The van der Waals surface area contributed by atoms with Gasteiger partial charge in [-0.3, -0.25) is 9.69 Å². The molecule has 0 radical (unpaired) electrons. The Hall–Kier alpha value is -0.570. The highest BCUT2D eigenvalue weighted by Gasteiger charge is 2.36. The summed E-state index contributed by atoms with van der Waals surface area (Å²) in [5.41, 5.74) is 0.183. The van der Waals surface area contributed by atoms with Gasteiger partial charge >= 0.3 is 5.97 Å². The van der Waals surface area contributed by atoms with Crippen LogP contribution in [-0.2, 0) is 4.79 Å². The molecule has 1 saturated heterocycles. The molecule has 14 heavy (non-hydrogen) atoms. The predicted octanol–water partition coefficient (Wildman–Crippen LogP) is 1.97. The molecule has 0 spiro atoms. The second-order valence-electron chi connectivity index (χ2n) is 4.83. The summed E-state index contributed by atoms with van der Waals surface area (Å²) in [5.74, 6) is -0.795. The summed E-state index contributed by atoms with van der Waals surface area (Å²) < 4.78 is 0. The van der Waals surface area contributed by atoms with Gasteiger partial charge in [0.2, 0.25) is 0 Å². The number of rotatable bonds is 3. The fourth-order valence-electron chi connectivity index (χ4n) is 2.16. The number of hydrogen-bond donors (Lipinski definition) is 1. The Morgan fingerprint density at radius 2 is 2.21 bits per heavy atom. The monoisotopic (exact) mass is 199 g/mol. The number of carboxylic acids is 1. The van der Waals surface area contributed by atoms with Crippen molar-refractivity contribution >= 4 is 5.97 Å². The number of likely N-dealkylation sites (tertiary alicyclic amines) is 1. The molecule has 0 aliphatic carbocycles. The summed E-state index contributed by atoms with van der Waals surface area (Å²) >= 11 is 0. The lowest BCUT2D eigenvalue weighted by Crippen LogP contribution is -2.51. The molecular weight excluding hydrogens is 178 g/mol. The smallest absolute Gasteiger partial charge is 0.307 e. The molecule has 1 N–H and O–H groups in total. The number of piperidine rings is 1. The fraction of sp³-hybridized carbons (Fsp3) is 0.909. The van der Waals surface area contributed by atoms with Crippen LogP contribution in [0.4, 0.5) is 0 Å². The van der Waals surface area contributed by atoms with Gasteiger partial charge in [0, 0.05) is 12.1 Å². The molecule has 0 saturated carbocycles. The average molecular weight is 199 g/mol. The number of hydrogen-bond acceptors (Lipinski definition) is 2. The van der Waals surface area contributed by atoms with Crippen LogP contribution in [0.1, 0.15) is 40.0 Å². The van der Waals surface area contributed by atoms with Crippen molar-refractivity contribution in [3.63, 3.8) is 0 Å². The minimum atomic E-state index is -0.637. The zero-order chi connectivity index (χ0) is 10.8. The third-order valence-electron chi connectivity index (χ3n) is 3.24. The van der Waals surface area contributed by atoms with E-state index in [9.17, 15) is 4.79 Å². The number of carbonyl (C=O) groups is 1. The summed E-state index contributed by atoms with van der Waals surface area (Å²) in [6.45, 7) is 8.29. The van der Waals surface area contributed by atoms with E-state index >= 15 is 0 Å². The summed E-state index contributed by atoms with van der Waals surface area (Å²) in [6, 6.07) is 0. The molecule has 0 bridgehead atoms. The molecule has 1 aliphatic rings.